The van der Waals surface area contributed by atoms with Crippen LogP contribution >= 0.6 is 11.3 Å². The number of carbonyl (C=O) groups is 2. The molecule has 2 amide bonds. The molecule has 29 heavy (non-hydrogen) atoms. The monoisotopic (exact) mass is 417 g/mol. The van der Waals surface area contributed by atoms with Crippen molar-refractivity contribution in [2.24, 2.45) is 5.73 Å². The van der Waals surface area contributed by atoms with E-state index in [1.807, 2.05) is 37.1 Å². The average Bonchev–Trinajstić information content (AvgIpc) is 3.27. The second kappa shape index (κ2) is 8.84. The zero-order valence-electron chi connectivity index (χ0n) is 17.2. The summed E-state index contributed by atoms with van der Waals surface area (Å²) in [4.78, 5) is 27.9. The predicted octanol–water partition coefficient (Wildman–Crippen LogP) is 2.81. The molecule has 1 atom stereocenters. The number of fused-ring (bicyclic) bond motifs is 1. The molecule has 0 saturated heterocycles. The van der Waals surface area contributed by atoms with E-state index in [0.29, 0.717) is 28.6 Å². The number of ether oxygens (including phenoxy) is 2. The molecule has 1 aromatic carbocycles. The van der Waals surface area contributed by atoms with E-state index >= 15 is 0 Å². The van der Waals surface area contributed by atoms with Crippen LogP contribution in [0.15, 0.2) is 18.2 Å². The number of methoxy groups -OCH3 is 2. The van der Waals surface area contributed by atoms with Gasteiger partial charge in [-0.15, -0.1) is 11.3 Å². The molecule has 0 saturated carbocycles. The van der Waals surface area contributed by atoms with E-state index in [9.17, 15) is 9.59 Å². The largest absolute Gasteiger partial charge is 0.493 e. The lowest BCUT2D eigenvalue weighted by molar-refractivity contribution is -0.120. The molecular weight excluding hydrogens is 390 g/mol. The molecule has 1 aromatic heterocycles. The van der Waals surface area contributed by atoms with Gasteiger partial charge in [0.05, 0.1) is 25.8 Å². The minimum atomic E-state index is -0.484. The molecule has 0 fully saturated rings. The maximum absolute atomic E-state index is 12.9. The van der Waals surface area contributed by atoms with E-state index in [1.54, 1.807) is 14.2 Å². The van der Waals surface area contributed by atoms with Crippen molar-refractivity contribution < 1.29 is 19.1 Å². The molecule has 3 N–H and O–H groups in total. The maximum Gasteiger partial charge on any atom is 0.251 e. The van der Waals surface area contributed by atoms with Gasteiger partial charge >= 0.3 is 0 Å². The Bertz CT molecular complexity index is 925. The van der Waals surface area contributed by atoms with Crippen LogP contribution in [0.1, 0.15) is 39.7 Å². The average molecular weight is 418 g/mol. The van der Waals surface area contributed by atoms with Crippen molar-refractivity contribution in [2.75, 3.05) is 26.6 Å². The highest BCUT2D eigenvalue weighted by molar-refractivity contribution is 7.17. The van der Waals surface area contributed by atoms with Gasteiger partial charge in [-0.2, -0.15) is 0 Å². The van der Waals surface area contributed by atoms with Gasteiger partial charge in [0.1, 0.15) is 5.00 Å². The Labute approximate surface area is 174 Å². The van der Waals surface area contributed by atoms with Gasteiger partial charge in [0.15, 0.2) is 11.5 Å². The van der Waals surface area contributed by atoms with E-state index in [2.05, 4.69) is 5.32 Å². The summed E-state index contributed by atoms with van der Waals surface area (Å²) in [5, 5.41) is 3.48. The number of carbonyl (C=O) groups excluding carboxylic acids is 2. The summed E-state index contributed by atoms with van der Waals surface area (Å²) < 4.78 is 10.8. The number of hydrogen-bond donors (Lipinski definition) is 2. The Kier molecular flexibility index (Phi) is 6.44. The Morgan fingerprint density at radius 1 is 1.28 bits per heavy atom. The van der Waals surface area contributed by atoms with Crippen LogP contribution in [-0.2, 0) is 24.2 Å². The van der Waals surface area contributed by atoms with Gasteiger partial charge in [-0.25, -0.2) is 0 Å². The Morgan fingerprint density at radius 3 is 2.69 bits per heavy atom. The third-order valence-corrected chi connectivity index (χ3v) is 6.56. The zero-order valence-corrected chi connectivity index (χ0v) is 18.0. The molecular formula is C21H27N3O4S. The summed E-state index contributed by atoms with van der Waals surface area (Å²) in [7, 11) is 5.06. The molecule has 0 radical (unpaired) electrons. The number of anilines is 1. The summed E-state index contributed by atoms with van der Waals surface area (Å²) in [6, 6.07) is 5.24. The van der Waals surface area contributed by atoms with Crippen LogP contribution in [0, 0.1) is 0 Å². The highest BCUT2D eigenvalue weighted by Crippen LogP contribution is 2.39. The SMILES string of the molecule is COc1cccc(CN(C)C(C)C(=O)Nc2sc3c(c2C(N)=O)CCC3)c1OC. The van der Waals surface area contributed by atoms with Crippen LogP contribution in [0.5, 0.6) is 11.5 Å². The van der Waals surface area contributed by atoms with Gasteiger partial charge in [0.2, 0.25) is 5.91 Å². The quantitative estimate of drug-likeness (QED) is 0.689. The van der Waals surface area contributed by atoms with Gasteiger partial charge in [-0.05, 0) is 44.9 Å². The molecule has 1 aliphatic carbocycles. The van der Waals surface area contributed by atoms with Crippen LogP contribution in [0.25, 0.3) is 0 Å². The number of benzene rings is 1. The number of nitrogens with zero attached hydrogens (tertiary/aromatic N) is 1. The lowest BCUT2D eigenvalue weighted by Gasteiger charge is -2.25. The third kappa shape index (κ3) is 4.23. The maximum atomic E-state index is 12.9. The zero-order chi connectivity index (χ0) is 21.1. The molecule has 7 nitrogen and oxygen atoms in total. The normalized spacial score (nSPS) is 13.8. The number of rotatable bonds is 8. The molecule has 1 aliphatic rings. The Hall–Kier alpha value is -2.58. The molecule has 0 bridgehead atoms. The fourth-order valence-electron chi connectivity index (χ4n) is 3.65. The third-order valence-electron chi connectivity index (χ3n) is 5.35. The number of para-hydroxylation sites is 1. The first-order valence-electron chi connectivity index (χ1n) is 9.52. The number of aryl methyl sites for hydroxylation is 1. The summed E-state index contributed by atoms with van der Waals surface area (Å²) in [5.74, 6) is 0.633. The van der Waals surface area contributed by atoms with Crippen molar-refractivity contribution in [1.29, 1.82) is 0 Å². The highest BCUT2D eigenvalue weighted by Gasteiger charge is 2.28. The minimum absolute atomic E-state index is 0.184. The van der Waals surface area contributed by atoms with E-state index in [0.717, 1.165) is 35.3 Å². The summed E-state index contributed by atoms with van der Waals surface area (Å²) >= 11 is 1.46. The second-order valence-electron chi connectivity index (χ2n) is 7.16. The van der Waals surface area contributed by atoms with Crippen molar-refractivity contribution in [2.45, 2.75) is 38.8 Å². The summed E-state index contributed by atoms with van der Waals surface area (Å²) in [5.41, 5.74) is 7.98. The lowest BCUT2D eigenvalue weighted by Crippen LogP contribution is -2.39. The van der Waals surface area contributed by atoms with E-state index in [-0.39, 0.29) is 5.91 Å². The van der Waals surface area contributed by atoms with Crippen LogP contribution in [-0.4, -0.2) is 44.0 Å². The highest BCUT2D eigenvalue weighted by atomic mass is 32.1. The van der Waals surface area contributed by atoms with E-state index in [4.69, 9.17) is 15.2 Å². The van der Waals surface area contributed by atoms with E-state index in [1.165, 1.54) is 11.3 Å². The molecule has 2 aromatic rings. The van der Waals surface area contributed by atoms with Crippen LogP contribution < -0.4 is 20.5 Å². The van der Waals surface area contributed by atoms with Crippen molar-refractivity contribution >= 4 is 28.2 Å². The summed E-state index contributed by atoms with van der Waals surface area (Å²) in [6.45, 7) is 2.33. The Balaban J connectivity index is 1.74. The number of likely N-dealkylation sites (N-methyl/N-ethyl adjacent to an activating group) is 1. The van der Waals surface area contributed by atoms with Crippen molar-refractivity contribution in [1.82, 2.24) is 4.90 Å². The van der Waals surface area contributed by atoms with Crippen molar-refractivity contribution in [3.8, 4) is 11.5 Å². The molecule has 1 unspecified atom stereocenters. The second-order valence-corrected chi connectivity index (χ2v) is 8.26. The first-order valence-corrected chi connectivity index (χ1v) is 10.3. The lowest BCUT2D eigenvalue weighted by atomic mass is 10.1. The molecule has 3 rings (SSSR count). The molecule has 0 aliphatic heterocycles. The van der Waals surface area contributed by atoms with Crippen LogP contribution in [0.3, 0.4) is 0 Å². The standard InChI is InChI=1S/C21H27N3O4S/c1-12(24(2)11-13-7-5-9-15(27-3)18(13)28-4)20(26)23-21-17(19(22)25)14-8-6-10-16(14)29-21/h5,7,9,12H,6,8,10-11H2,1-4H3,(H2,22,25)(H,23,26). The first-order chi connectivity index (χ1) is 13.9. The minimum Gasteiger partial charge on any atom is -0.493 e. The number of nitrogens with two attached hydrogens (primary N) is 1. The first kappa shape index (κ1) is 21.1. The predicted molar refractivity (Wildman–Crippen MR) is 114 cm³/mol. The smallest absolute Gasteiger partial charge is 0.251 e. The van der Waals surface area contributed by atoms with Crippen molar-refractivity contribution in [3.05, 3.63) is 39.8 Å². The summed E-state index contributed by atoms with van der Waals surface area (Å²) in [6.07, 6.45) is 2.80. The number of thiophene rings is 1. The van der Waals surface area contributed by atoms with Gasteiger partial charge in [0.25, 0.3) is 5.91 Å². The topological polar surface area (TPSA) is 93.9 Å². The van der Waals surface area contributed by atoms with Gasteiger partial charge in [0, 0.05) is 17.0 Å². The van der Waals surface area contributed by atoms with E-state index < -0.39 is 11.9 Å². The van der Waals surface area contributed by atoms with Crippen LogP contribution in [0.2, 0.25) is 0 Å². The fourth-order valence-corrected chi connectivity index (χ4v) is 4.95. The number of primary amides is 1. The van der Waals surface area contributed by atoms with Gasteiger partial charge < -0.3 is 20.5 Å². The molecule has 156 valence electrons. The molecule has 8 heteroatoms. The van der Waals surface area contributed by atoms with Crippen molar-refractivity contribution in [3.63, 3.8) is 0 Å². The van der Waals surface area contributed by atoms with Crippen LogP contribution in [0.4, 0.5) is 5.00 Å². The van der Waals surface area contributed by atoms with Gasteiger partial charge in [-0.3, -0.25) is 14.5 Å². The van der Waals surface area contributed by atoms with Gasteiger partial charge in [-0.1, -0.05) is 12.1 Å². The Morgan fingerprint density at radius 2 is 2.03 bits per heavy atom. The number of nitrogens with one attached hydrogen (secondary N) is 1. The fraction of sp³-hybridized carbons (Fsp3) is 0.429. The molecule has 1 heterocycles. The molecule has 0 spiro atoms. The number of amides is 2. The number of hydrogen-bond acceptors (Lipinski definition) is 6.